The number of halogens is 1. The molecule has 9 heterocycles. The highest BCUT2D eigenvalue weighted by molar-refractivity contribution is 7.05. The maximum absolute atomic E-state index is 12.9. The van der Waals surface area contributed by atoms with Crippen LogP contribution in [0.25, 0.3) is 5.69 Å². The van der Waals surface area contributed by atoms with Crippen LogP contribution in [0.1, 0.15) is 153 Å². The first-order chi connectivity index (χ1) is 60.0. The number of benzene rings is 3. The third kappa shape index (κ3) is 34.9. The van der Waals surface area contributed by atoms with Crippen molar-refractivity contribution in [3.05, 3.63) is 263 Å². The van der Waals surface area contributed by atoms with Crippen LogP contribution < -0.4 is 84.5 Å². The van der Waals surface area contributed by atoms with Gasteiger partial charge in [0.2, 0.25) is 0 Å². The summed E-state index contributed by atoms with van der Waals surface area (Å²) >= 11 is 7.64. The Morgan fingerprint density at radius 1 is 0.391 bits per heavy atom. The molecule has 8 aromatic heterocycles. The molecule has 0 amide bonds. The monoisotopic (exact) mass is 1940 g/mol. The van der Waals surface area contributed by atoms with Gasteiger partial charge in [-0.25, -0.2) is 111 Å². The Kier molecular flexibility index (Phi) is 54.4. The number of aryl methyl sites for hydroxylation is 8. The lowest BCUT2D eigenvalue weighted by atomic mass is 10.2. The number of hydrogen-bond acceptors (Lipinski definition) is 29. The van der Waals surface area contributed by atoms with Gasteiger partial charge in [0, 0.05) is 198 Å². The van der Waals surface area contributed by atoms with E-state index in [-0.39, 0.29) is 132 Å². The summed E-state index contributed by atoms with van der Waals surface area (Å²) in [5, 5.41) is 0. The van der Waals surface area contributed by atoms with Crippen molar-refractivity contribution in [2.45, 2.75) is 247 Å². The van der Waals surface area contributed by atoms with Gasteiger partial charge in [0.05, 0.1) is 64.3 Å². The van der Waals surface area contributed by atoms with Gasteiger partial charge in [-0.2, -0.15) is 0 Å². The third-order valence-electron chi connectivity index (χ3n) is 17.8. The zero-order valence-electron chi connectivity index (χ0n) is 72.2. The Bertz CT molecular complexity index is 6080. The number of aromatic nitrogens is 16. The fourth-order valence-electron chi connectivity index (χ4n) is 11.1. The predicted octanol–water partition coefficient (Wildman–Crippen LogP) is 7.67. The molecule has 1 unspecified atom stereocenters. The molecule has 37 nitrogen and oxygen atoms in total. The largest absolute Gasteiger partial charge is 0.385 e. The van der Waals surface area contributed by atoms with E-state index >= 15 is 0 Å². The number of ether oxygens (including phenoxy) is 5. The molecule has 46 heteroatoms. The van der Waals surface area contributed by atoms with Crippen molar-refractivity contribution < 1.29 is 28.1 Å². The van der Waals surface area contributed by atoms with Gasteiger partial charge >= 0.3 is 84.5 Å². The van der Waals surface area contributed by atoms with Gasteiger partial charge in [0.25, 0.3) is 0 Å². The van der Waals surface area contributed by atoms with Crippen molar-refractivity contribution in [2.24, 2.45) is 0 Å². The second-order valence-corrected chi connectivity index (χ2v) is 34.4. The summed E-state index contributed by atoms with van der Waals surface area (Å²) < 4.78 is 59.6. The summed E-state index contributed by atoms with van der Waals surface area (Å²) in [6.07, 6.45) is 12.3. The van der Waals surface area contributed by atoms with E-state index in [1.807, 2.05) is 105 Å². The van der Waals surface area contributed by atoms with E-state index in [1.165, 1.54) is 74.3 Å². The Morgan fingerprint density at radius 2 is 0.750 bits per heavy atom. The molecule has 0 aliphatic carbocycles. The average molecular weight is 1940 g/mol. The molecular formula is C82H123FN16O21S8. The molecule has 0 N–H and O–H groups in total. The fourth-order valence-corrected chi connectivity index (χ4v) is 17.3. The molecule has 1 fully saturated rings. The summed E-state index contributed by atoms with van der Waals surface area (Å²) in [7, 11) is 3.14. The quantitative estimate of drug-likeness (QED) is 0.0271. The van der Waals surface area contributed by atoms with E-state index in [9.17, 15) is 81.1 Å². The van der Waals surface area contributed by atoms with E-state index < -0.39 is 0 Å². The first-order valence-electron chi connectivity index (χ1n) is 40.5. The minimum atomic E-state index is -0.386. The highest BCUT2D eigenvalue weighted by atomic mass is 32.1. The Labute approximate surface area is 771 Å². The molecule has 0 bridgehead atoms. The van der Waals surface area contributed by atoms with Crippen molar-refractivity contribution in [1.29, 1.82) is 0 Å². The number of rotatable bonds is 35. The van der Waals surface area contributed by atoms with E-state index in [4.69, 9.17) is 30.1 Å². The van der Waals surface area contributed by atoms with Gasteiger partial charge < -0.3 is 23.7 Å². The summed E-state index contributed by atoms with van der Waals surface area (Å²) in [6, 6.07) is 22.7. The van der Waals surface area contributed by atoms with E-state index in [2.05, 4.69) is 12.8 Å². The van der Waals surface area contributed by atoms with Crippen LogP contribution in [0.5, 0.6) is 0 Å². The molecular weight excluding hydrogens is 1820 g/mol. The van der Waals surface area contributed by atoms with Crippen LogP contribution in [0, 0.1) is 25.1 Å². The molecule has 712 valence electrons. The van der Waals surface area contributed by atoms with Gasteiger partial charge in [0.15, 0.2) is 0 Å². The lowest BCUT2D eigenvalue weighted by molar-refractivity contribution is 0.0954. The lowest BCUT2D eigenvalue weighted by Crippen LogP contribution is -2.33. The molecule has 1 atom stereocenters. The molecule has 0 radical (unpaired) electrons. The molecule has 12 rings (SSSR count). The van der Waals surface area contributed by atoms with Crippen LogP contribution in [0.3, 0.4) is 0 Å². The maximum atomic E-state index is 12.9. The normalized spacial score (nSPS) is 11.6. The van der Waals surface area contributed by atoms with Gasteiger partial charge in [-0.15, -0.1) is 6.42 Å². The van der Waals surface area contributed by atoms with Crippen molar-refractivity contribution in [2.75, 3.05) is 60.5 Å². The molecule has 3 aromatic carbocycles. The predicted molar refractivity (Wildman–Crippen MR) is 512 cm³/mol. The summed E-state index contributed by atoms with van der Waals surface area (Å²) in [4.78, 5) is 184. The third-order valence-corrected chi connectivity index (χ3v) is 25.6. The fraction of sp³-hybridized carbons (Fsp3) is 0.561. The van der Waals surface area contributed by atoms with Crippen molar-refractivity contribution >= 4 is 92.3 Å². The maximum Gasteiger partial charge on any atom is 0.346 e. The topological polar surface area (TPSA) is 398 Å². The standard InChI is InChI=1S/C16H13FN2O2S.C13H16N2O2S.C9H14N2O3S.C9H16N2O3S.C9H12N2O2S.2C8H14N2O3S.C7H12N2O3S.3CH4/c1-11-2-8-14(9-3-11)19-15(20)18(16(21)22-19)10-12-4-6-13(17)7-5-12;1-2-3-9-15-12(16)14(13(17)18-15)10-11-7-5-4-6-8-11;1-2-11-8(12)10(9(13)15-11)6-7-4-3-5-14-7;1-3-11-8(12)10(9(13)15-11)6-5-7-14-4-2;1-3-5-7-11-8(12)10(6-4-2)9(13)14-11;1-3-10-7(11)9(8(12)14-10)5-4-6-13-2;1-3-10-7(11)9(8(12)14-10)5-6-13-4-2;1-3-9-6(10)8(4-5-12-2)7(11)13-9;;;/h2-9H,10H2,1H3;4-8H,2-3,9-10H2,1H3;7H,2-6H2,1H3;3-7H2,1-2H3;2H,3,5-7H2,1H3;2*3-6H2,1-2H3;3-5H2,1-2H3;3*1H4. The Balaban J connectivity index is 0.000000497. The van der Waals surface area contributed by atoms with Crippen LogP contribution in [-0.4, -0.2) is 135 Å². The molecule has 1 aliphatic heterocycles. The smallest absolute Gasteiger partial charge is 0.346 e. The Hall–Kier alpha value is -9.77. The van der Waals surface area contributed by atoms with E-state index in [1.54, 1.807) is 35.3 Å². The van der Waals surface area contributed by atoms with Crippen LogP contribution >= 0.6 is 92.3 Å². The zero-order valence-corrected chi connectivity index (χ0v) is 78.8. The highest BCUT2D eigenvalue weighted by Crippen LogP contribution is 2.14. The second-order valence-electron chi connectivity index (χ2n) is 26.6. The SMILES string of the molecule is C.C.C.C#CCn1c(=O)sn(CCCC)c1=O.CCCCn1sc(=O)n(Cc2ccccc2)c1=O.CCOCCCn1c(=O)sn(CC)c1=O.CCOCCn1c(=O)sn(CC)c1=O.CCn1sc(=O)n(CC2CCCO2)c1=O.CCn1sc(=O)n(CCCOC)c1=O.CCn1sc(=O)n(CCOC)c1=O.Cc1ccc(-n2sc(=O)n(Cc3ccc(F)cc3)c2=O)cc1. The van der Waals surface area contributed by atoms with Crippen LogP contribution in [0.2, 0.25) is 0 Å². The van der Waals surface area contributed by atoms with Crippen molar-refractivity contribution in [3.63, 3.8) is 0 Å². The number of hydrogen-bond donors (Lipinski definition) is 0. The number of methoxy groups -OCH3 is 2. The van der Waals surface area contributed by atoms with Gasteiger partial charge in [-0.3, -0.25) is 38.4 Å². The lowest BCUT2D eigenvalue weighted by Gasteiger charge is -2.07. The molecule has 0 saturated carbocycles. The van der Waals surface area contributed by atoms with Gasteiger partial charge in [0.1, 0.15) is 5.82 Å². The van der Waals surface area contributed by atoms with Gasteiger partial charge in [-0.1, -0.05) is 115 Å². The van der Waals surface area contributed by atoms with Crippen LogP contribution in [0.4, 0.5) is 4.39 Å². The first-order valence-corrected chi connectivity index (χ1v) is 46.7. The highest BCUT2D eigenvalue weighted by Gasteiger charge is 2.21. The number of unbranched alkanes of at least 4 members (excludes halogenated alkanes) is 2. The summed E-state index contributed by atoms with van der Waals surface area (Å²) in [6.45, 7) is 29.5. The van der Waals surface area contributed by atoms with Crippen molar-refractivity contribution in [1.82, 2.24) is 68.2 Å². The summed E-state index contributed by atoms with van der Waals surface area (Å²) in [5.41, 5.74) is 1.45. The number of nitrogens with zero attached hydrogens (tertiary/aromatic N) is 16. The van der Waals surface area contributed by atoms with Crippen LogP contribution in [-0.2, 0) is 122 Å². The average Bonchev–Trinajstić information content (AvgIpc) is 1.65. The minimum absolute atomic E-state index is 0. The van der Waals surface area contributed by atoms with Crippen LogP contribution in [0.15, 0.2) is 156 Å². The van der Waals surface area contributed by atoms with E-state index in [0.29, 0.717) is 149 Å². The Morgan fingerprint density at radius 3 is 1.16 bits per heavy atom. The molecule has 11 aromatic rings. The van der Waals surface area contributed by atoms with E-state index in [0.717, 1.165) is 158 Å². The minimum Gasteiger partial charge on any atom is -0.385 e. The molecule has 0 spiro atoms. The molecule has 128 heavy (non-hydrogen) atoms. The number of terminal acetylenes is 1. The van der Waals surface area contributed by atoms with Gasteiger partial charge in [-0.05, 0) is 129 Å². The zero-order chi connectivity index (χ0) is 92.2. The molecule has 1 saturated heterocycles. The molecule has 1 aliphatic rings. The summed E-state index contributed by atoms with van der Waals surface area (Å²) in [5.74, 6) is 1.94. The first kappa shape index (κ1) is 114. The van der Waals surface area contributed by atoms with Crippen molar-refractivity contribution in [3.8, 4) is 18.0 Å². The second kappa shape index (κ2) is 60.9.